The molecule has 0 radical (unpaired) electrons. The van der Waals surface area contributed by atoms with Crippen LogP contribution in [0.25, 0.3) is 0 Å². The fraction of sp³-hybridized carbons (Fsp3) is 0.600. The van der Waals surface area contributed by atoms with Crippen molar-refractivity contribution in [2.45, 2.75) is 56.7 Å². The number of hydrogen-bond donors (Lipinski definition) is 3. The summed E-state index contributed by atoms with van der Waals surface area (Å²) in [5.41, 5.74) is 8.63. The third kappa shape index (κ3) is 2.38. The highest BCUT2D eigenvalue weighted by Gasteiger charge is 2.26. The van der Waals surface area contributed by atoms with Crippen LogP contribution in [0.5, 0.6) is 5.75 Å². The van der Waals surface area contributed by atoms with E-state index < -0.39 is 0 Å². The van der Waals surface area contributed by atoms with Crippen molar-refractivity contribution in [3.05, 3.63) is 29.3 Å². The maximum absolute atomic E-state index is 9.50. The van der Waals surface area contributed by atoms with Crippen molar-refractivity contribution >= 4 is 0 Å². The number of benzene rings is 1. The molecule has 0 bridgehead atoms. The monoisotopic (exact) mass is 246 g/mol. The second-order valence-electron chi connectivity index (χ2n) is 5.75. The summed E-state index contributed by atoms with van der Waals surface area (Å²) in [7, 11) is 0. The molecule has 0 amide bonds. The lowest BCUT2D eigenvalue weighted by Crippen LogP contribution is -2.38. The zero-order valence-corrected chi connectivity index (χ0v) is 10.7. The van der Waals surface area contributed by atoms with E-state index in [1.807, 2.05) is 6.07 Å². The van der Waals surface area contributed by atoms with Gasteiger partial charge in [-0.1, -0.05) is 6.07 Å². The summed E-state index contributed by atoms with van der Waals surface area (Å²) in [4.78, 5) is 0. The molecule has 3 heteroatoms. The number of nitrogens with one attached hydrogen (secondary N) is 1. The second kappa shape index (κ2) is 4.90. The molecule has 3 nitrogen and oxygen atoms in total. The molecule has 1 atom stereocenters. The van der Waals surface area contributed by atoms with E-state index in [4.69, 9.17) is 5.73 Å². The topological polar surface area (TPSA) is 58.3 Å². The minimum Gasteiger partial charge on any atom is -0.508 e. The largest absolute Gasteiger partial charge is 0.508 e. The van der Waals surface area contributed by atoms with Crippen LogP contribution in [0.4, 0.5) is 0 Å². The molecule has 0 aliphatic heterocycles. The first kappa shape index (κ1) is 12.0. The van der Waals surface area contributed by atoms with E-state index >= 15 is 0 Å². The highest BCUT2D eigenvalue weighted by molar-refractivity contribution is 5.40. The Balaban J connectivity index is 1.66. The Morgan fingerprint density at radius 1 is 1.11 bits per heavy atom. The fourth-order valence-corrected chi connectivity index (χ4v) is 3.35. The molecule has 0 saturated heterocycles. The van der Waals surface area contributed by atoms with Gasteiger partial charge in [0.1, 0.15) is 5.75 Å². The smallest absolute Gasteiger partial charge is 0.115 e. The van der Waals surface area contributed by atoms with Crippen molar-refractivity contribution in [3.63, 3.8) is 0 Å². The molecule has 98 valence electrons. The summed E-state index contributed by atoms with van der Waals surface area (Å²) >= 11 is 0. The van der Waals surface area contributed by atoms with E-state index in [1.165, 1.54) is 24.0 Å². The lowest BCUT2D eigenvalue weighted by atomic mass is 9.91. The van der Waals surface area contributed by atoms with Gasteiger partial charge in [-0.3, -0.25) is 0 Å². The van der Waals surface area contributed by atoms with Gasteiger partial charge in [0, 0.05) is 18.1 Å². The van der Waals surface area contributed by atoms with Crippen LogP contribution < -0.4 is 11.1 Å². The van der Waals surface area contributed by atoms with E-state index in [9.17, 15) is 5.11 Å². The normalized spacial score (nSPS) is 31.3. The van der Waals surface area contributed by atoms with Crippen LogP contribution >= 0.6 is 0 Å². The van der Waals surface area contributed by atoms with Gasteiger partial charge in [0.2, 0.25) is 0 Å². The molecule has 1 unspecified atom stereocenters. The van der Waals surface area contributed by atoms with Gasteiger partial charge in [0.25, 0.3) is 0 Å². The number of aryl methyl sites for hydroxylation is 1. The molecular formula is C15H22N2O. The van der Waals surface area contributed by atoms with Crippen molar-refractivity contribution in [2.24, 2.45) is 5.73 Å². The standard InChI is InChI=1S/C15H22N2O/c16-11-2-4-12(5-3-11)17-15-8-1-10-9-13(18)6-7-14(10)15/h6-7,9,11-12,15,17-18H,1-5,8,16H2. The lowest BCUT2D eigenvalue weighted by Gasteiger charge is -2.29. The van der Waals surface area contributed by atoms with Gasteiger partial charge in [0.15, 0.2) is 0 Å². The number of hydrogen-bond acceptors (Lipinski definition) is 3. The first-order valence-corrected chi connectivity index (χ1v) is 7.06. The molecule has 1 aromatic rings. The van der Waals surface area contributed by atoms with E-state index in [1.54, 1.807) is 6.07 Å². The minimum atomic E-state index is 0.387. The zero-order valence-electron chi connectivity index (χ0n) is 10.7. The number of nitrogens with two attached hydrogens (primary N) is 1. The number of fused-ring (bicyclic) bond motifs is 1. The van der Waals surface area contributed by atoms with E-state index in [-0.39, 0.29) is 0 Å². The third-order valence-electron chi connectivity index (χ3n) is 4.41. The first-order chi connectivity index (χ1) is 8.72. The summed E-state index contributed by atoms with van der Waals surface area (Å²) in [6.45, 7) is 0. The Bertz CT molecular complexity index is 425. The van der Waals surface area contributed by atoms with Crippen molar-refractivity contribution in [1.82, 2.24) is 5.32 Å². The van der Waals surface area contributed by atoms with Crippen molar-refractivity contribution < 1.29 is 5.11 Å². The van der Waals surface area contributed by atoms with Gasteiger partial charge < -0.3 is 16.2 Å². The minimum absolute atomic E-state index is 0.387. The average Bonchev–Trinajstić information content (AvgIpc) is 2.74. The predicted molar refractivity (Wildman–Crippen MR) is 72.5 cm³/mol. The van der Waals surface area contributed by atoms with Crippen LogP contribution in [0.3, 0.4) is 0 Å². The van der Waals surface area contributed by atoms with Crippen molar-refractivity contribution in [2.75, 3.05) is 0 Å². The van der Waals surface area contributed by atoms with Gasteiger partial charge in [-0.25, -0.2) is 0 Å². The fourth-order valence-electron chi connectivity index (χ4n) is 3.35. The van der Waals surface area contributed by atoms with Crippen LogP contribution in [0.1, 0.15) is 49.3 Å². The molecule has 1 aromatic carbocycles. The molecule has 18 heavy (non-hydrogen) atoms. The molecule has 4 N–H and O–H groups in total. The summed E-state index contributed by atoms with van der Waals surface area (Å²) in [5.74, 6) is 0.387. The summed E-state index contributed by atoms with van der Waals surface area (Å²) in [6, 6.07) is 7.29. The van der Waals surface area contributed by atoms with Crippen LogP contribution in [0.15, 0.2) is 18.2 Å². The molecule has 1 fully saturated rings. The van der Waals surface area contributed by atoms with Crippen molar-refractivity contribution in [1.29, 1.82) is 0 Å². The molecule has 0 heterocycles. The van der Waals surface area contributed by atoms with Crippen LogP contribution in [0, 0.1) is 0 Å². The Morgan fingerprint density at radius 3 is 2.67 bits per heavy atom. The number of phenols is 1. The van der Waals surface area contributed by atoms with Gasteiger partial charge in [-0.15, -0.1) is 0 Å². The molecule has 2 aliphatic rings. The molecule has 0 aromatic heterocycles. The van der Waals surface area contributed by atoms with Gasteiger partial charge >= 0.3 is 0 Å². The molecule has 0 spiro atoms. The summed E-state index contributed by atoms with van der Waals surface area (Å²) in [5, 5.41) is 13.3. The number of phenolic OH excluding ortho intramolecular Hbond substituents is 1. The SMILES string of the molecule is NC1CCC(NC2CCc3cc(O)ccc32)CC1. The molecule has 1 saturated carbocycles. The van der Waals surface area contributed by atoms with E-state index in [2.05, 4.69) is 11.4 Å². The van der Waals surface area contributed by atoms with Gasteiger partial charge in [-0.2, -0.15) is 0 Å². The zero-order chi connectivity index (χ0) is 12.5. The molecule has 3 rings (SSSR count). The van der Waals surface area contributed by atoms with E-state index in [0.717, 1.165) is 25.7 Å². The average molecular weight is 246 g/mol. The quantitative estimate of drug-likeness (QED) is 0.750. The Hall–Kier alpha value is -1.06. The van der Waals surface area contributed by atoms with Gasteiger partial charge in [-0.05, 0) is 61.8 Å². The maximum atomic E-state index is 9.50. The van der Waals surface area contributed by atoms with Crippen LogP contribution in [0.2, 0.25) is 0 Å². The predicted octanol–water partition coefficient (Wildman–Crippen LogP) is 2.24. The molecule has 2 aliphatic carbocycles. The van der Waals surface area contributed by atoms with Crippen LogP contribution in [-0.2, 0) is 6.42 Å². The number of aromatic hydroxyl groups is 1. The summed E-state index contributed by atoms with van der Waals surface area (Å²) in [6.07, 6.45) is 6.92. The summed E-state index contributed by atoms with van der Waals surface area (Å²) < 4.78 is 0. The van der Waals surface area contributed by atoms with Crippen molar-refractivity contribution in [3.8, 4) is 5.75 Å². The first-order valence-electron chi connectivity index (χ1n) is 7.06. The second-order valence-corrected chi connectivity index (χ2v) is 5.75. The van der Waals surface area contributed by atoms with Gasteiger partial charge in [0.05, 0.1) is 0 Å². The maximum Gasteiger partial charge on any atom is 0.115 e. The highest BCUT2D eigenvalue weighted by Crippen LogP contribution is 2.34. The Kier molecular flexibility index (Phi) is 3.27. The number of rotatable bonds is 2. The Morgan fingerprint density at radius 2 is 1.89 bits per heavy atom. The van der Waals surface area contributed by atoms with Crippen LogP contribution in [-0.4, -0.2) is 17.2 Å². The highest BCUT2D eigenvalue weighted by atomic mass is 16.3. The van der Waals surface area contributed by atoms with E-state index in [0.29, 0.717) is 23.9 Å². The third-order valence-corrected chi connectivity index (χ3v) is 4.41. The molecular weight excluding hydrogens is 224 g/mol. The Labute approximate surface area is 108 Å². The lowest BCUT2D eigenvalue weighted by molar-refractivity contribution is 0.315.